The van der Waals surface area contributed by atoms with Crippen molar-refractivity contribution < 1.29 is 0 Å². The van der Waals surface area contributed by atoms with Gasteiger partial charge in [-0.15, -0.1) is 0 Å². The molecule has 0 radical (unpaired) electrons. The Hall–Kier alpha value is -0.260. The van der Waals surface area contributed by atoms with E-state index in [0.717, 1.165) is 5.92 Å². The van der Waals surface area contributed by atoms with Crippen LogP contribution in [0.25, 0.3) is 0 Å². The summed E-state index contributed by atoms with van der Waals surface area (Å²) in [6, 6.07) is 0. The second-order valence-corrected chi connectivity index (χ2v) is 2.73. The van der Waals surface area contributed by atoms with E-state index in [9.17, 15) is 0 Å². The maximum atomic E-state index is 2.34. The van der Waals surface area contributed by atoms with Crippen LogP contribution in [0.1, 0.15) is 32.6 Å². The van der Waals surface area contributed by atoms with Crippen molar-refractivity contribution in [3.05, 3.63) is 12.2 Å². The first-order valence-electron chi connectivity index (χ1n) is 3.54. The van der Waals surface area contributed by atoms with Crippen LogP contribution in [0, 0.1) is 5.92 Å². The fourth-order valence-electron chi connectivity index (χ4n) is 1.14. The molecule has 0 aromatic rings. The summed E-state index contributed by atoms with van der Waals surface area (Å²) in [6.45, 7) is 2.34. The Morgan fingerprint density at radius 2 is 1.62 bits per heavy atom. The third-order valence-electron chi connectivity index (χ3n) is 1.82. The fourth-order valence-corrected chi connectivity index (χ4v) is 1.14. The molecule has 0 amide bonds. The van der Waals surface area contributed by atoms with Crippen LogP contribution < -0.4 is 0 Å². The zero-order valence-electron chi connectivity index (χ0n) is 5.56. The van der Waals surface area contributed by atoms with Crippen molar-refractivity contribution in [2.24, 2.45) is 5.92 Å². The van der Waals surface area contributed by atoms with E-state index in [0.29, 0.717) is 0 Å². The minimum atomic E-state index is 0.963. The number of rotatable bonds is 0. The predicted molar refractivity (Wildman–Crippen MR) is 36.8 cm³/mol. The number of hydrogen-bond donors (Lipinski definition) is 0. The molecule has 0 atom stereocenters. The van der Waals surface area contributed by atoms with E-state index in [2.05, 4.69) is 19.1 Å². The van der Waals surface area contributed by atoms with Crippen molar-refractivity contribution in [2.45, 2.75) is 32.6 Å². The van der Waals surface area contributed by atoms with Crippen molar-refractivity contribution in [1.82, 2.24) is 0 Å². The molecule has 46 valence electrons. The molecule has 0 fully saturated rings. The van der Waals surface area contributed by atoms with Gasteiger partial charge in [-0.2, -0.15) is 0 Å². The Kier molecular flexibility index (Phi) is 2.13. The second-order valence-electron chi connectivity index (χ2n) is 2.73. The summed E-state index contributed by atoms with van der Waals surface area (Å²) in [5, 5.41) is 0. The molecular weight excluding hydrogens is 96.1 g/mol. The van der Waals surface area contributed by atoms with Gasteiger partial charge in [0.15, 0.2) is 0 Å². The van der Waals surface area contributed by atoms with E-state index in [4.69, 9.17) is 0 Å². The molecule has 0 heteroatoms. The lowest BCUT2D eigenvalue weighted by Crippen LogP contribution is -1.89. The van der Waals surface area contributed by atoms with Gasteiger partial charge < -0.3 is 0 Å². The van der Waals surface area contributed by atoms with E-state index in [1.807, 2.05) is 0 Å². The lowest BCUT2D eigenvalue weighted by molar-refractivity contribution is 0.513. The van der Waals surface area contributed by atoms with Gasteiger partial charge in [-0.25, -0.2) is 0 Å². The second kappa shape index (κ2) is 2.91. The average Bonchev–Trinajstić information content (AvgIpc) is 1.94. The maximum absolute atomic E-state index is 2.34. The summed E-state index contributed by atoms with van der Waals surface area (Å²) >= 11 is 0. The van der Waals surface area contributed by atoms with Crippen molar-refractivity contribution in [3.63, 3.8) is 0 Å². The summed E-state index contributed by atoms with van der Waals surface area (Å²) in [6.07, 6.45) is 10.0. The third-order valence-corrected chi connectivity index (χ3v) is 1.82. The molecule has 1 aliphatic carbocycles. The van der Waals surface area contributed by atoms with Crippen LogP contribution >= 0.6 is 0 Å². The highest BCUT2D eigenvalue weighted by molar-refractivity contribution is 4.85. The molecule has 0 nitrogen and oxygen atoms in total. The van der Waals surface area contributed by atoms with Crippen molar-refractivity contribution in [2.75, 3.05) is 0 Å². The van der Waals surface area contributed by atoms with Gasteiger partial charge in [0, 0.05) is 0 Å². The molecule has 0 saturated heterocycles. The van der Waals surface area contributed by atoms with E-state index in [-0.39, 0.29) is 0 Å². The first kappa shape index (κ1) is 5.87. The lowest BCUT2D eigenvalue weighted by atomic mass is 10.0. The van der Waals surface area contributed by atoms with E-state index < -0.39 is 0 Å². The van der Waals surface area contributed by atoms with Gasteiger partial charge in [-0.1, -0.05) is 19.1 Å². The van der Waals surface area contributed by atoms with Crippen LogP contribution in [-0.4, -0.2) is 0 Å². The molecular formula is C8H14. The summed E-state index contributed by atoms with van der Waals surface area (Å²) in [7, 11) is 0. The van der Waals surface area contributed by atoms with Crippen LogP contribution in [0.2, 0.25) is 0 Å². The Morgan fingerprint density at radius 3 is 2.12 bits per heavy atom. The molecule has 0 unspecified atom stereocenters. The third kappa shape index (κ3) is 1.69. The van der Waals surface area contributed by atoms with E-state index in [1.54, 1.807) is 0 Å². The smallest absolute Gasteiger partial charge is 0.0348 e. The molecule has 0 heterocycles. The summed E-state index contributed by atoms with van der Waals surface area (Å²) in [5.74, 6) is 0.963. The molecule has 0 aromatic carbocycles. The molecule has 0 aliphatic heterocycles. The molecule has 8 heavy (non-hydrogen) atoms. The van der Waals surface area contributed by atoms with Gasteiger partial charge in [-0.05, 0) is 31.6 Å². The maximum Gasteiger partial charge on any atom is -0.0348 e. The van der Waals surface area contributed by atoms with Gasteiger partial charge in [0.05, 0.1) is 0 Å². The molecule has 0 aromatic heterocycles. The normalized spacial score (nSPS) is 23.1. The van der Waals surface area contributed by atoms with Crippen molar-refractivity contribution in [1.29, 1.82) is 0 Å². The summed E-state index contributed by atoms with van der Waals surface area (Å²) in [4.78, 5) is 0. The van der Waals surface area contributed by atoms with E-state index >= 15 is 0 Å². The quantitative estimate of drug-likeness (QED) is 0.420. The molecule has 0 spiro atoms. The molecule has 1 aliphatic rings. The molecule has 0 N–H and O–H groups in total. The summed E-state index contributed by atoms with van der Waals surface area (Å²) in [5.41, 5.74) is 0. The highest BCUT2D eigenvalue weighted by Gasteiger charge is 2.00. The van der Waals surface area contributed by atoms with Crippen molar-refractivity contribution in [3.8, 4) is 0 Å². The Bertz CT molecular complexity index is 72.0. The zero-order valence-corrected chi connectivity index (χ0v) is 5.56. The minimum absolute atomic E-state index is 0.963. The average molecular weight is 110 g/mol. The zero-order chi connectivity index (χ0) is 5.82. The van der Waals surface area contributed by atoms with Crippen LogP contribution in [0.15, 0.2) is 12.2 Å². The number of allylic oxidation sites excluding steroid dienone is 2. The Morgan fingerprint density at radius 1 is 1.12 bits per heavy atom. The van der Waals surface area contributed by atoms with Gasteiger partial charge in [-0.3, -0.25) is 0 Å². The number of hydrogen-bond acceptors (Lipinski definition) is 0. The predicted octanol–water partition coefficient (Wildman–Crippen LogP) is 2.75. The standard InChI is InChI=1S/C8H14/c1-8-6-4-2-3-5-7-8/h2-3,8H,4-7H2,1H3. The van der Waals surface area contributed by atoms with Crippen molar-refractivity contribution >= 4 is 0 Å². The van der Waals surface area contributed by atoms with Crippen LogP contribution in [0.4, 0.5) is 0 Å². The van der Waals surface area contributed by atoms with Gasteiger partial charge in [0.25, 0.3) is 0 Å². The molecule has 0 bridgehead atoms. The SMILES string of the molecule is CC1CCC=CCC1. The van der Waals surface area contributed by atoms with Crippen LogP contribution in [0.5, 0.6) is 0 Å². The lowest BCUT2D eigenvalue weighted by Gasteiger charge is -2.02. The Labute approximate surface area is 51.6 Å². The highest BCUT2D eigenvalue weighted by Crippen LogP contribution is 2.16. The largest absolute Gasteiger partial charge is 0.0885 e. The Balaban J connectivity index is 2.28. The van der Waals surface area contributed by atoms with Crippen LogP contribution in [0.3, 0.4) is 0 Å². The van der Waals surface area contributed by atoms with E-state index in [1.165, 1.54) is 25.7 Å². The first-order chi connectivity index (χ1) is 3.89. The topological polar surface area (TPSA) is 0 Å². The minimum Gasteiger partial charge on any atom is -0.0885 e. The monoisotopic (exact) mass is 110 g/mol. The van der Waals surface area contributed by atoms with Crippen LogP contribution in [-0.2, 0) is 0 Å². The fraction of sp³-hybridized carbons (Fsp3) is 0.750. The van der Waals surface area contributed by atoms with Gasteiger partial charge >= 0.3 is 0 Å². The highest BCUT2D eigenvalue weighted by atomic mass is 14.1. The first-order valence-corrected chi connectivity index (χ1v) is 3.54. The van der Waals surface area contributed by atoms with Gasteiger partial charge in [0.1, 0.15) is 0 Å². The molecule has 1 rings (SSSR count). The summed E-state index contributed by atoms with van der Waals surface area (Å²) < 4.78 is 0. The van der Waals surface area contributed by atoms with Gasteiger partial charge in [0.2, 0.25) is 0 Å². The molecule has 0 saturated carbocycles.